The van der Waals surface area contributed by atoms with Crippen LogP contribution >= 0.6 is 11.8 Å². The first kappa shape index (κ1) is 18.7. The van der Waals surface area contributed by atoms with Gasteiger partial charge < -0.3 is 9.30 Å². The van der Waals surface area contributed by atoms with Crippen molar-refractivity contribution in [3.05, 3.63) is 71.5 Å². The zero-order chi connectivity index (χ0) is 19.1. The van der Waals surface area contributed by atoms with Crippen LogP contribution in [0.2, 0.25) is 0 Å². The maximum absolute atomic E-state index is 12.2. The van der Waals surface area contributed by atoms with Gasteiger partial charge in [0.1, 0.15) is 12.1 Å². The number of amides is 1. The van der Waals surface area contributed by atoms with E-state index in [1.54, 1.807) is 43.5 Å². The number of nitrogens with one attached hydrogen (secondary N) is 1. The topological polar surface area (TPSA) is 81.4 Å². The van der Waals surface area contributed by atoms with Gasteiger partial charge in [-0.25, -0.2) is 5.43 Å². The van der Waals surface area contributed by atoms with Crippen LogP contribution in [0.1, 0.15) is 21.5 Å². The predicted octanol–water partition coefficient (Wildman–Crippen LogP) is 2.88. The van der Waals surface area contributed by atoms with Crippen molar-refractivity contribution in [3.8, 4) is 5.75 Å². The maximum atomic E-state index is 12.2. The molecule has 1 N–H and O–H groups in total. The fourth-order valence-electron chi connectivity index (χ4n) is 2.22. The number of thioether (sulfide) groups is 1. The van der Waals surface area contributed by atoms with E-state index in [-0.39, 0.29) is 5.91 Å². The highest BCUT2D eigenvalue weighted by molar-refractivity contribution is 7.98. The predicted molar refractivity (Wildman–Crippen MR) is 105 cm³/mol. The minimum atomic E-state index is -0.257. The van der Waals surface area contributed by atoms with E-state index in [9.17, 15) is 4.79 Å². The number of hydrazone groups is 1. The van der Waals surface area contributed by atoms with Gasteiger partial charge in [-0.05, 0) is 47.5 Å². The summed E-state index contributed by atoms with van der Waals surface area (Å²) in [5.41, 5.74) is 5.05. The van der Waals surface area contributed by atoms with Crippen LogP contribution in [0.3, 0.4) is 0 Å². The van der Waals surface area contributed by atoms with Crippen molar-refractivity contribution in [3.63, 3.8) is 0 Å². The Morgan fingerprint density at radius 1 is 1.22 bits per heavy atom. The van der Waals surface area contributed by atoms with Crippen LogP contribution in [0, 0.1) is 0 Å². The number of carbonyl (C=O) groups is 1. The quantitative estimate of drug-likeness (QED) is 0.387. The summed E-state index contributed by atoms with van der Waals surface area (Å²) in [6, 6.07) is 14.8. The van der Waals surface area contributed by atoms with Crippen LogP contribution in [0.5, 0.6) is 5.75 Å². The second-order valence-electron chi connectivity index (χ2n) is 5.68. The second kappa shape index (κ2) is 9.00. The molecule has 2 aromatic carbocycles. The molecule has 1 aromatic heterocycles. The number of benzene rings is 2. The molecule has 3 rings (SSSR count). The van der Waals surface area contributed by atoms with Crippen molar-refractivity contribution in [2.45, 2.75) is 10.9 Å². The Hall–Kier alpha value is -3.13. The first-order valence-electron chi connectivity index (χ1n) is 8.19. The molecule has 0 radical (unpaired) electrons. The van der Waals surface area contributed by atoms with Gasteiger partial charge in [0, 0.05) is 18.4 Å². The molecular weight excluding hydrogens is 362 g/mol. The number of rotatable bonds is 7. The minimum Gasteiger partial charge on any atom is -0.497 e. The SMILES string of the molecule is COc1ccc(/C=N\NC(=O)c2ccc(CSc3nncn3C)cc2)cc1. The van der Waals surface area contributed by atoms with Crippen LogP contribution < -0.4 is 10.2 Å². The van der Waals surface area contributed by atoms with E-state index in [0.29, 0.717) is 5.56 Å². The summed E-state index contributed by atoms with van der Waals surface area (Å²) < 4.78 is 6.97. The van der Waals surface area contributed by atoms with Crippen molar-refractivity contribution in [1.82, 2.24) is 20.2 Å². The Morgan fingerprint density at radius 3 is 2.59 bits per heavy atom. The number of ether oxygens (including phenoxy) is 1. The summed E-state index contributed by atoms with van der Waals surface area (Å²) in [7, 11) is 3.52. The highest BCUT2D eigenvalue weighted by Crippen LogP contribution is 2.20. The molecule has 0 aliphatic heterocycles. The molecule has 0 atom stereocenters. The fourth-order valence-corrected chi connectivity index (χ4v) is 3.07. The van der Waals surface area contributed by atoms with E-state index in [1.807, 2.05) is 48.0 Å². The number of nitrogens with zero attached hydrogens (tertiary/aromatic N) is 4. The molecule has 0 aliphatic rings. The Labute approximate surface area is 161 Å². The molecule has 0 spiro atoms. The van der Waals surface area contributed by atoms with Crippen LogP contribution in [-0.4, -0.2) is 34.0 Å². The molecule has 0 unspecified atom stereocenters. The largest absolute Gasteiger partial charge is 0.497 e. The average molecular weight is 381 g/mol. The normalized spacial score (nSPS) is 10.9. The summed E-state index contributed by atoms with van der Waals surface area (Å²) in [4.78, 5) is 12.2. The summed E-state index contributed by atoms with van der Waals surface area (Å²) in [5.74, 6) is 1.27. The van der Waals surface area contributed by atoms with Crippen LogP contribution in [-0.2, 0) is 12.8 Å². The molecule has 0 fully saturated rings. The molecule has 8 heteroatoms. The fraction of sp³-hybridized carbons (Fsp3) is 0.158. The summed E-state index contributed by atoms with van der Waals surface area (Å²) in [6.45, 7) is 0. The Morgan fingerprint density at radius 2 is 1.96 bits per heavy atom. The summed E-state index contributed by atoms with van der Waals surface area (Å²) in [5, 5.41) is 12.7. The third-order valence-electron chi connectivity index (χ3n) is 3.75. The monoisotopic (exact) mass is 381 g/mol. The third-order valence-corrected chi connectivity index (χ3v) is 4.85. The lowest BCUT2D eigenvalue weighted by atomic mass is 10.1. The summed E-state index contributed by atoms with van der Waals surface area (Å²) >= 11 is 1.59. The zero-order valence-corrected chi connectivity index (χ0v) is 15.8. The van der Waals surface area contributed by atoms with E-state index >= 15 is 0 Å². The van der Waals surface area contributed by atoms with E-state index in [1.165, 1.54) is 0 Å². The van der Waals surface area contributed by atoms with Gasteiger partial charge in [-0.2, -0.15) is 5.10 Å². The zero-order valence-electron chi connectivity index (χ0n) is 15.0. The standard InChI is InChI=1S/C19H19N5O2S/c1-24-13-21-23-19(24)27-12-15-3-7-16(8-4-15)18(25)22-20-11-14-5-9-17(26-2)10-6-14/h3-11,13H,12H2,1-2H3,(H,22,25)/b20-11-. The van der Waals surface area contributed by atoms with Crippen molar-refractivity contribution in [2.75, 3.05) is 7.11 Å². The van der Waals surface area contributed by atoms with Crippen molar-refractivity contribution < 1.29 is 9.53 Å². The second-order valence-corrected chi connectivity index (χ2v) is 6.62. The molecule has 27 heavy (non-hydrogen) atoms. The van der Waals surface area contributed by atoms with Crippen molar-refractivity contribution >= 4 is 23.9 Å². The van der Waals surface area contributed by atoms with Gasteiger partial charge in [-0.1, -0.05) is 23.9 Å². The summed E-state index contributed by atoms with van der Waals surface area (Å²) in [6.07, 6.45) is 3.26. The smallest absolute Gasteiger partial charge is 0.271 e. The Bertz CT molecular complexity index is 920. The lowest BCUT2D eigenvalue weighted by molar-refractivity contribution is 0.0955. The molecule has 138 valence electrons. The molecule has 7 nitrogen and oxygen atoms in total. The number of hydrogen-bond donors (Lipinski definition) is 1. The van der Waals surface area contributed by atoms with Gasteiger partial charge >= 0.3 is 0 Å². The lowest BCUT2D eigenvalue weighted by Crippen LogP contribution is -2.17. The van der Waals surface area contributed by atoms with Crippen LogP contribution in [0.4, 0.5) is 0 Å². The van der Waals surface area contributed by atoms with Gasteiger partial charge in [-0.3, -0.25) is 4.79 Å². The first-order valence-corrected chi connectivity index (χ1v) is 9.17. The van der Waals surface area contributed by atoms with E-state index < -0.39 is 0 Å². The molecule has 0 bridgehead atoms. The van der Waals surface area contributed by atoms with E-state index in [4.69, 9.17) is 4.74 Å². The molecule has 0 aliphatic carbocycles. The molecule has 1 amide bonds. The highest BCUT2D eigenvalue weighted by atomic mass is 32.2. The lowest BCUT2D eigenvalue weighted by Gasteiger charge is -2.04. The van der Waals surface area contributed by atoms with E-state index in [0.717, 1.165) is 27.8 Å². The highest BCUT2D eigenvalue weighted by Gasteiger charge is 2.06. The molecule has 3 aromatic rings. The van der Waals surface area contributed by atoms with Gasteiger partial charge in [-0.15, -0.1) is 10.2 Å². The van der Waals surface area contributed by atoms with Crippen LogP contribution in [0.25, 0.3) is 0 Å². The molecule has 1 heterocycles. The molecule has 0 saturated heterocycles. The van der Waals surface area contributed by atoms with Gasteiger partial charge in [0.2, 0.25) is 0 Å². The Balaban J connectivity index is 1.52. The third kappa shape index (κ3) is 5.18. The molecule has 0 saturated carbocycles. The van der Waals surface area contributed by atoms with Crippen LogP contribution in [0.15, 0.2) is 65.1 Å². The number of carbonyl (C=O) groups excluding carboxylic acids is 1. The number of aryl methyl sites for hydroxylation is 1. The van der Waals surface area contributed by atoms with Gasteiger partial charge in [0.15, 0.2) is 5.16 Å². The van der Waals surface area contributed by atoms with E-state index in [2.05, 4.69) is 20.7 Å². The van der Waals surface area contributed by atoms with Crippen molar-refractivity contribution in [1.29, 1.82) is 0 Å². The minimum absolute atomic E-state index is 0.257. The Kier molecular flexibility index (Phi) is 6.22. The van der Waals surface area contributed by atoms with Gasteiger partial charge in [0.05, 0.1) is 13.3 Å². The number of hydrogen-bond acceptors (Lipinski definition) is 6. The van der Waals surface area contributed by atoms with Gasteiger partial charge in [0.25, 0.3) is 5.91 Å². The van der Waals surface area contributed by atoms with Crippen molar-refractivity contribution in [2.24, 2.45) is 12.1 Å². The number of methoxy groups -OCH3 is 1. The molecular formula is C19H19N5O2S. The first-order chi connectivity index (χ1) is 13.2. The maximum Gasteiger partial charge on any atom is 0.271 e. The average Bonchev–Trinajstić information content (AvgIpc) is 3.12. The number of aromatic nitrogens is 3.